The van der Waals surface area contributed by atoms with Crippen molar-refractivity contribution >= 4 is 16.8 Å². The van der Waals surface area contributed by atoms with Gasteiger partial charge in [-0.25, -0.2) is 0 Å². The lowest BCUT2D eigenvalue weighted by atomic mass is 9.91. The average molecular weight is 382 g/mol. The van der Waals surface area contributed by atoms with E-state index in [1.807, 2.05) is 60.7 Å². The summed E-state index contributed by atoms with van der Waals surface area (Å²) in [7, 11) is 1.72. The number of fused-ring (bicyclic) bond motifs is 1. The van der Waals surface area contributed by atoms with Crippen molar-refractivity contribution in [2.24, 2.45) is 7.05 Å². The predicted molar refractivity (Wildman–Crippen MR) is 116 cm³/mol. The second-order valence-corrected chi connectivity index (χ2v) is 7.06. The molecular weight excluding hydrogens is 360 g/mol. The Hall–Kier alpha value is -3.66. The molecule has 29 heavy (non-hydrogen) atoms. The van der Waals surface area contributed by atoms with Gasteiger partial charge in [-0.05, 0) is 17.2 Å². The molecule has 1 aromatic heterocycles. The summed E-state index contributed by atoms with van der Waals surface area (Å²) in [6.07, 6.45) is 0. The van der Waals surface area contributed by atoms with Crippen LogP contribution in [0.15, 0.2) is 95.8 Å². The van der Waals surface area contributed by atoms with Gasteiger partial charge < -0.3 is 9.88 Å². The zero-order valence-corrected chi connectivity index (χ0v) is 16.2. The van der Waals surface area contributed by atoms with Crippen molar-refractivity contribution in [2.45, 2.75) is 5.92 Å². The lowest BCUT2D eigenvalue weighted by Crippen LogP contribution is -2.30. The smallest absolute Gasteiger partial charge is 0.252 e. The monoisotopic (exact) mass is 382 g/mol. The zero-order chi connectivity index (χ0) is 20.2. The molecule has 1 N–H and O–H groups in total. The molecule has 0 fully saturated rings. The summed E-state index contributed by atoms with van der Waals surface area (Å²) >= 11 is 0. The Morgan fingerprint density at radius 1 is 0.862 bits per heavy atom. The number of carbonyl (C=O) groups is 1. The Morgan fingerprint density at radius 3 is 2.03 bits per heavy atom. The van der Waals surface area contributed by atoms with Gasteiger partial charge in [0.15, 0.2) is 0 Å². The summed E-state index contributed by atoms with van der Waals surface area (Å²) in [4.78, 5) is 25.4. The maximum atomic E-state index is 13.0. The van der Waals surface area contributed by atoms with Gasteiger partial charge in [0.05, 0.1) is 11.1 Å². The first-order chi connectivity index (χ1) is 14.1. The highest BCUT2D eigenvalue weighted by Crippen LogP contribution is 2.24. The maximum absolute atomic E-state index is 13.0. The summed E-state index contributed by atoms with van der Waals surface area (Å²) < 4.78 is 1.56. The van der Waals surface area contributed by atoms with Crippen molar-refractivity contribution in [3.8, 4) is 0 Å². The van der Waals surface area contributed by atoms with Crippen LogP contribution in [0.2, 0.25) is 0 Å². The summed E-state index contributed by atoms with van der Waals surface area (Å²) in [5, 5.41) is 3.81. The van der Waals surface area contributed by atoms with Crippen LogP contribution < -0.4 is 10.9 Å². The van der Waals surface area contributed by atoms with E-state index < -0.39 is 0 Å². The number of amides is 1. The molecule has 0 aliphatic heterocycles. The van der Waals surface area contributed by atoms with Gasteiger partial charge in [0.2, 0.25) is 0 Å². The van der Waals surface area contributed by atoms with Crippen LogP contribution in [0, 0.1) is 0 Å². The van der Waals surface area contributed by atoms with E-state index in [4.69, 9.17) is 0 Å². The molecule has 0 aliphatic rings. The van der Waals surface area contributed by atoms with E-state index in [0.29, 0.717) is 12.1 Å². The molecule has 4 rings (SSSR count). The third-order valence-corrected chi connectivity index (χ3v) is 5.27. The molecule has 0 aliphatic carbocycles. The molecule has 0 unspecified atom stereocenters. The normalized spacial score (nSPS) is 11.0. The van der Waals surface area contributed by atoms with Crippen LogP contribution in [0.25, 0.3) is 10.9 Å². The van der Waals surface area contributed by atoms with Gasteiger partial charge in [-0.3, -0.25) is 9.59 Å². The van der Waals surface area contributed by atoms with Crippen molar-refractivity contribution < 1.29 is 4.79 Å². The van der Waals surface area contributed by atoms with Crippen LogP contribution in [0.4, 0.5) is 0 Å². The van der Waals surface area contributed by atoms with Gasteiger partial charge in [-0.15, -0.1) is 0 Å². The number of rotatable bonds is 5. The van der Waals surface area contributed by atoms with Gasteiger partial charge >= 0.3 is 0 Å². The quantitative estimate of drug-likeness (QED) is 0.565. The van der Waals surface area contributed by atoms with Crippen molar-refractivity contribution in [1.82, 2.24) is 9.88 Å². The minimum atomic E-state index is -0.240. The fraction of sp³-hybridized carbons (Fsp3) is 0.120. The van der Waals surface area contributed by atoms with Crippen molar-refractivity contribution in [1.29, 1.82) is 0 Å². The molecule has 4 nitrogen and oxygen atoms in total. The number of aryl methyl sites for hydroxylation is 1. The fourth-order valence-corrected chi connectivity index (χ4v) is 3.69. The molecular formula is C25H22N2O2. The molecule has 0 saturated carbocycles. The molecule has 0 saturated heterocycles. The van der Waals surface area contributed by atoms with E-state index in [1.165, 1.54) is 6.07 Å². The largest absolute Gasteiger partial charge is 0.351 e. The van der Waals surface area contributed by atoms with E-state index in [-0.39, 0.29) is 17.4 Å². The lowest BCUT2D eigenvalue weighted by Gasteiger charge is -2.19. The Bertz CT molecular complexity index is 1160. The van der Waals surface area contributed by atoms with Gasteiger partial charge in [-0.2, -0.15) is 0 Å². The molecule has 0 bridgehead atoms. The Kier molecular flexibility index (Phi) is 5.25. The number of para-hydroxylation sites is 1. The molecule has 0 atom stereocenters. The minimum absolute atomic E-state index is 0.0270. The van der Waals surface area contributed by atoms with Crippen LogP contribution >= 0.6 is 0 Å². The fourth-order valence-electron chi connectivity index (χ4n) is 3.69. The standard InChI is InChI=1S/C25H22N2O2/c1-27-23-15-9-8-14-20(23)21(16-24(27)28)25(29)26-17-22(18-10-4-2-5-11-18)19-12-6-3-7-13-19/h2-16,22H,17H2,1H3,(H,26,29). The Balaban J connectivity index is 1.65. The third kappa shape index (κ3) is 3.83. The number of aromatic nitrogens is 1. The van der Waals surface area contributed by atoms with Crippen LogP contribution in [0.1, 0.15) is 27.4 Å². The average Bonchev–Trinajstić information content (AvgIpc) is 2.78. The van der Waals surface area contributed by atoms with E-state index in [1.54, 1.807) is 11.6 Å². The number of hydrogen-bond donors (Lipinski definition) is 1. The number of benzene rings is 3. The second-order valence-electron chi connectivity index (χ2n) is 7.06. The second kappa shape index (κ2) is 8.15. The van der Waals surface area contributed by atoms with Gasteiger partial charge in [-0.1, -0.05) is 78.9 Å². The molecule has 4 aromatic rings. The highest BCUT2D eigenvalue weighted by molar-refractivity contribution is 6.06. The van der Waals surface area contributed by atoms with Gasteiger partial charge in [0.1, 0.15) is 0 Å². The molecule has 3 aromatic carbocycles. The summed E-state index contributed by atoms with van der Waals surface area (Å²) in [5.74, 6) is -0.213. The van der Waals surface area contributed by atoms with Crippen LogP contribution in [0.5, 0.6) is 0 Å². The molecule has 1 heterocycles. The molecule has 0 radical (unpaired) electrons. The molecule has 144 valence electrons. The highest BCUT2D eigenvalue weighted by atomic mass is 16.2. The topological polar surface area (TPSA) is 51.1 Å². The first-order valence-corrected chi connectivity index (χ1v) is 9.62. The van der Waals surface area contributed by atoms with Gasteiger partial charge in [0.25, 0.3) is 11.5 Å². The molecule has 4 heteroatoms. The molecule has 1 amide bonds. The summed E-state index contributed by atoms with van der Waals surface area (Å²) in [5.41, 5.74) is 3.22. The third-order valence-electron chi connectivity index (χ3n) is 5.27. The highest BCUT2D eigenvalue weighted by Gasteiger charge is 2.18. The summed E-state index contributed by atoms with van der Waals surface area (Å²) in [6.45, 7) is 0.441. The number of nitrogens with zero attached hydrogens (tertiary/aromatic N) is 1. The first kappa shape index (κ1) is 18.7. The number of pyridine rings is 1. The number of nitrogens with one attached hydrogen (secondary N) is 1. The number of carbonyl (C=O) groups excluding carboxylic acids is 1. The Labute approximate surface area is 169 Å². The van der Waals surface area contributed by atoms with E-state index in [9.17, 15) is 9.59 Å². The summed E-state index contributed by atoms with van der Waals surface area (Å²) in [6, 6.07) is 29.1. The SMILES string of the molecule is Cn1c(=O)cc(C(=O)NCC(c2ccccc2)c2ccccc2)c2ccccc21. The predicted octanol–water partition coefficient (Wildman–Crippen LogP) is 4.10. The van der Waals surface area contributed by atoms with Crippen molar-refractivity contribution in [3.63, 3.8) is 0 Å². The van der Waals surface area contributed by atoms with Crippen LogP contribution in [0.3, 0.4) is 0 Å². The van der Waals surface area contributed by atoms with E-state index >= 15 is 0 Å². The maximum Gasteiger partial charge on any atom is 0.252 e. The minimum Gasteiger partial charge on any atom is -0.351 e. The lowest BCUT2D eigenvalue weighted by molar-refractivity contribution is 0.0954. The van der Waals surface area contributed by atoms with Crippen LogP contribution in [-0.2, 0) is 7.05 Å². The number of hydrogen-bond acceptors (Lipinski definition) is 2. The van der Waals surface area contributed by atoms with E-state index in [2.05, 4.69) is 29.6 Å². The van der Waals surface area contributed by atoms with Crippen LogP contribution in [-0.4, -0.2) is 17.0 Å². The molecule has 0 spiro atoms. The Morgan fingerprint density at radius 2 is 1.41 bits per heavy atom. The van der Waals surface area contributed by atoms with Crippen molar-refractivity contribution in [2.75, 3.05) is 6.54 Å². The van der Waals surface area contributed by atoms with Crippen molar-refractivity contribution in [3.05, 3.63) is 118 Å². The first-order valence-electron chi connectivity index (χ1n) is 9.62. The van der Waals surface area contributed by atoms with E-state index in [0.717, 1.165) is 22.0 Å². The zero-order valence-electron chi connectivity index (χ0n) is 16.2. The van der Waals surface area contributed by atoms with Gasteiger partial charge in [0, 0.05) is 31.0 Å².